The SMILES string of the molecule is CN1CCN(C(=O)c2cc(Cl)c[nH]2)C[C@H]1c1nccn1C. The van der Waals surface area contributed by atoms with Crippen LogP contribution < -0.4 is 0 Å². The van der Waals surface area contributed by atoms with Gasteiger partial charge in [0.15, 0.2) is 0 Å². The quantitative estimate of drug-likeness (QED) is 0.915. The van der Waals surface area contributed by atoms with Crippen LogP contribution in [0.2, 0.25) is 5.02 Å². The average molecular weight is 308 g/mol. The third-order valence-corrected chi connectivity index (χ3v) is 4.19. The third kappa shape index (κ3) is 2.69. The van der Waals surface area contributed by atoms with Crippen LogP contribution in [-0.4, -0.2) is 56.9 Å². The number of imidazole rings is 1. The molecule has 6 nitrogen and oxygen atoms in total. The highest BCUT2D eigenvalue weighted by Gasteiger charge is 2.31. The minimum absolute atomic E-state index is 0.0193. The van der Waals surface area contributed by atoms with E-state index < -0.39 is 0 Å². The molecule has 1 atom stereocenters. The monoisotopic (exact) mass is 307 g/mol. The summed E-state index contributed by atoms with van der Waals surface area (Å²) in [5, 5.41) is 0.549. The van der Waals surface area contributed by atoms with Crippen LogP contribution in [0.5, 0.6) is 0 Å². The molecule has 0 saturated carbocycles. The Hall–Kier alpha value is -1.79. The van der Waals surface area contributed by atoms with Crippen molar-refractivity contribution in [3.63, 3.8) is 0 Å². The molecule has 1 aliphatic rings. The summed E-state index contributed by atoms with van der Waals surface area (Å²) in [6.45, 7) is 2.14. The van der Waals surface area contributed by atoms with Crippen molar-refractivity contribution < 1.29 is 4.79 Å². The lowest BCUT2D eigenvalue weighted by molar-refractivity contribution is 0.0524. The van der Waals surface area contributed by atoms with Crippen molar-refractivity contribution in [3.05, 3.63) is 41.2 Å². The minimum atomic E-state index is -0.0193. The second-order valence-electron chi connectivity index (χ2n) is 5.38. The van der Waals surface area contributed by atoms with E-state index in [9.17, 15) is 4.79 Å². The molecule has 2 aromatic heterocycles. The van der Waals surface area contributed by atoms with Crippen molar-refractivity contribution >= 4 is 17.5 Å². The number of piperazine rings is 1. The summed E-state index contributed by atoms with van der Waals surface area (Å²) in [5.74, 6) is 0.953. The molecular weight excluding hydrogens is 290 g/mol. The zero-order valence-electron chi connectivity index (χ0n) is 12.1. The van der Waals surface area contributed by atoms with E-state index in [0.717, 1.165) is 12.4 Å². The van der Waals surface area contributed by atoms with Crippen LogP contribution in [0.3, 0.4) is 0 Å². The van der Waals surface area contributed by atoms with Gasteiger partial charge in [0, 0.05) is 45.3 Å². The summed E-state index contributed by atoms with van der Waals surface area (Å²) >= 11 is 5.87. The van der Waals surface area contributed by atoms with Crippen LogP contribution in [0.4, 0.5) is 0 Å². The number of aromatic nitrogens is 3. The molecule has 3 heterocycles. The topological polar surface area (TPSA) is 57.2 Å². The highest BCUT2D eigenvalue weighted by atomic mass is 35.5. The number of amides is 1. The van der Waals surface area contributed by atoms with Crippen LogP contribution in [-0.2, 0) is 7.05 Å². The van der Waals surface area contributed by atoms with Crippen molar-refractivity contribution in [2.24, 2.45) is 7.05 Å². The summed E-state index contributed by atoms with van der Waals surface area (Å²) in [6.07, 6.45) is 5.34. The van der Waals surface area contributed by atoms with Crippen LogP contribution in [0.1, 0.15) is 22.4 Å². The van der Waals surface area contributed by atoms with Crippen molar-refractivity contribution in [2.45, 2.75) is 6.04 Å². The Morgan fingerprint density at radius 1 is 1.43 bits per heavy atom. The van der Waals surface area contributed by atoms with Gasteiger partial charge in [-0.2, -0.15) is 0 Å². The van der Waals surface area contributed by atoms with E-state index in [0.29, 0.717) is 23.8 Å². The van der Waals surface area contributed by atoms with Gasteiger partial charge in [0.1, 0.15) is 11.5 Å². The maximum absolute atomic E-state index is 12.5. The first-order chi connectivity index (χ1) is 10.1. The molecule has 0 spiro atoms. The molecule has 1 amide bonds. The van der Waals surface area contributed by atoms with Gasteiger partial charge in [0.25, 0.3) is 5.91 Å². The Bertz CT molecular complexity index is 649. The Morgan fingerprint density at radius 3 is 2.86 bits per heavy atom. The van der Waals surface area contributed by atoms with Gasteiger partial charge in [-0.05, 0) is 13.1 Å². The second kappa shape index (κ2) is 5.54. The number of nitrogens with zero attached hydrogens (tertiary/aromatic N) is 4. The van der Waals surface area contributed by atoms with E-state index in [1.807, 2.05) is 22.7 Å². The number of H-pyrrole nitrogens is 1. The first-order valence-electron chi connectivity index (χ1n) is 6.87. The number of hydrogen-bond acceptors (Lipinski definition) is 3. The highest BCUT2D eigenvalue weighted by molar-refractivity contribution is 6.30. The standard InChI is InChI=1S/C14H18ClN5O/c1-18-5-6-20(14(21)11-7-10(15)8-17-11)9-12(18)13-16-3-4-19(13)2/h3-4,7-8,12,17H,5-6,9H2,1-2H3/t12-/m0/s1. The summed E-state index contributed by atoms with van der Waals surface area (Å²) in [5.41, 5.74) is 0.531. The van der Waals surface area contributed by atoms with E-state index in [1.165, 1.54) is 0 Å². The molecule has 3 rings (SSSR count). The van der Waals surface area contributed by atoms with E-state index in [2.05, 4.69) is 21.9 Å². The fourth-order valence-electron chi connectivity index (χ4n) is 2.70. The smallest absolute Gasteiger partial charge is 0.270 e. The predicted octanol–water partition coefficient (Wildman–Crippen LogP) is 1.53. The Kier molecular flexibility index (Phi) is 3.73. The summed E-state index contributed by atoms with van der Waals surface area (Å²) in [7, 11) is 4.04. The van der Waals surface area contributed by atoms with Gasteiger partial charge in [0.2, 0.25) is 0 Å². The van der Waals surface area contributed by atoms with Crippen molar-refractivity contribution in [1.29, 1.82) is 0 Å². The lowest BCUT2D eigenvalue weighted by Crippen LogP contribution is -2.49. The number of likely N-dealkylation sites (N-methyl/N-ethyl adjacent to an activating group) is 1. The third-order valence-electron chi connectivity index (χ3n) is 3.97. The molecule has 0 aliphatic carbocycles. The van der Waals surface area contributed by atoms with E-state index >= 15 is 0 Å². The fourth-order valence-corrected chi connectivity index (χ4v) is 2.86. The number of carbonyl (C=O) groups excluding carboxylic acids is 1. The largest absolute Gasteiger partial charge is 0.356 e. The number of halogens is 1. The summed E-state index contributed by atoms with van der Waals surface area (Å²) in [6, 6.07) is 1.77. The molecular formula is C14H18ClN5O. The molecule has 112 valence electrons. The molecule has 2 aromatic rings. The molecule has 0 unspecified atom stereocenters. The van der Waals surface area contributed by atoms with Gasteiger partial charge >= 0.3 is 0 Å². The van der Waals surface area contributed by atoms with E-state index in [4.69, 9.17) is 11.6 Å². The second-order valence-corrected chi connectivity index (χ2v) is 5.81. The number of nitrogens with one attached hydrogen (secondary N) is 1. The maximum Gasteiger partial charge on any atom is 0.270 e. The van der Waals surface area contributed by atoms with Crippen LogP contribution in [0.25, 0.3) is 0 Å². The van der Waals surface area contributed by atoms with Crippen LogP contribution >= 0.6 is 11.6 Å². The highest BCUT2D eigenvalue weighted by Crippen LogP contribution is 2.23. The lowest BCUT2D eigenvalue weighted by Gasteiger charge is -2.38. The van der Waals surface area contributed by atoms with E-state index in [-0.39, 0.29) is 11.9 Å². The normalized spacial score (nSPS) is 20.0. The van der Waals surface area contributed by atoms with Crippen LogP contribution in [0.15, 0.2) is 24.7 Å². The molecule has 0 bridgehead atoms. The van der Waals surface area contributed by atoms with Crippen molar-refractivity contribution in [2.75, 3.05) is 26.7 Å². The molecule has 0 radical (unpaired) electrons. The lowest BCUT2D eigenvalue weighted by atomic mass is 10.1. The van der Waals surface area contributed by atoms with Crippen molar-refractivity contribution in [1.82, 2.24) is 24.3 Å². The van der Waals surface area contributed by atoms with Crippen molar-refractivity contribution in [3.8, 4) is 0 Å². The number of hydrogen-bond donors (Lipinski definition) is 1. The number of aromatic amines is 1. The van der Waals surface area contributed by atoms with Gasteiger partial charge in [-0.15, -0.1) is 0 Å². The Balaban J connectivity index is 1.80. The number of aryl methyl sites for hydroxylation is 1. The molecule has 21 heavy (non-hydrogen) atoms. The van der Waals surface area contributed by atoms with Gasteiger partial charge in [-0.25, -0.2) is 4.98 Å². The predicted molar refractivity (Wildman–Crippen MR) is 80.3 cm³/mol. The Morgan fingerprint density at radius 2 is 2.24 bits per heavy atom. The zero-order valence-corrected chi connectivity index (χ0v) is 12.8. The van der Waals surface area contributed by atoms with Gasteiger partial charge in [-0.3, -0.25) is 9.69 Å². The molecule has 0 aromatic carbocycles. The maximum atomic E-state index is 12.5. The van der Waals surface area contributed by atoms with Gasteiger partial charge in [-0.1, -0.05) is 11.6 Å². The van der Waals surface area contributed by atoms with Crippen LogP contribution in [0, 0.1) is 0 Å². The number of rotatable bonds is 2. The molecule has 7 heteroatoms. The Labute approximate surface area is 128 Å². The molecule has 1 saturated heterocycles. The first-order valence-corrected chi connectivity index (χ1v) is 7.24. The summed E-state index contributed by atoms with van der Waals surface area (Å²) in [4.78, 5) is 23.9. The first kappa shape index (κ1) is 14.2. The molecule has 1 aliphatic heterocycles. The molecule has 1 N–H and O–H groups in total. The van der Waals surface area contributed by atoms with Gasteiger partial charge < -0.3 is 14.5 Å². The number of carbonyl (C=O) groups is 1. The van der Waals surface area contributed by atoms with E-state index in [1.54, 1.807) is 18.5 Å². The summed E-state index contributed by atoms with van der Waals surface area (Å²) < 4.78 is 2.00. The molecule has 1 fully saturated rings. The average Bonchev–Trinajstić information content (AvgIpc) is 3.07. The fraction of sp³-hybridized carbons (Fsp3) is 0.429. The minimum Gasteiger partial charge on any atom is -0.356 e. The zero-order chi connectivity index (χ0) is 15.0. The van der Waals surface area contributed by atoms with Gasteiger partial charge in [0.05, 0.1) is 11.1 Å².